The molecule has 4 aromatic rings. The van der Waals surface area contributed by atoms with Crippen LogP contribution in [0.2, 0.25) is 0 Å². The van der Waals surface area contributed by atoms with Crippen LogP contribution in [0.25, 0.3) is 22.2 Å². The normalized spacial score (nSPS) is 17.4. The van der Waals surface area contributed by atoms with Crippen molar-refractivity contribution >= 4 is 28.3 Å². The quantitative estimate of drug-likeness (QED) is 0.307. The van der Waals surface area contributed by atoms with Crippen molar-refractivity contribution in [2.75, 3.05) is 45.7 Å². The summed E-state index contributed by atoms with van der Waals surface area (Å²) in [6.45, 7) is 6.39. The van der Waals surface area contributed by atoms with Crippen molar-refractivity contribution < 1.29 is 23.4 Å². The van der Waals surface area contributed by atoms with E-state index in [0.717, 1.165) is 47.7 Å². The molecule has 0 saturated carbocycles. The van der Waals surface area contributed by atoms with E-state index in [4.69, 9.17) is 18.6 Å². The molecule has 1 atom stereocenters. The van der Waals surface area contributed by atoms with Gasteiger partial charge in [0.15, 0.2) is 11.5 Å². The highest BCUT2D eigenvalue weighted by Gasteiger charge is 2.32. The Morgan fingerprint density at radius 2 is 1.93 bits per heavy atom. The number of methoxy groups -OCH3 is 1. The lowest BCUT2D eigenvalue weighted by Gasteiger charge is -2.38. The average molecular weight is 542 g/mol. The van der Waals surface area contributed by atoms with E-state index >= 15 is 0 Å². The van der Waals surface area contributed by atoms with Gasteiger partial charge in [0.05, 0.1) is 37.7 Å². The number of likely N-dealkylation sites (N-methyl/N-ethyl adjacent to an activating group) is 1. The molecule has 1 unspecified atom stereocenters. The van der Waals surface area contributed by atoms with E-state index in [0.29, 0.717) is 35.9 Å². The zero-order valence-corrected chi connectivity index (χ0v) is 22.5. The Morgan fingerprint density at radius 1 is 1.07 bits per heavy atom. The Kier molecular flexibility index (Phi) is 7.00. The van der Waals surface area contributed by atoms with Crippen LogP contribution in [0, 0.1) is 0 Å². The Labute approximate surface area is 232 Å². The second kappa shape index (κ2) is 10.9. The lowest BCUT2D eigenvalue weighted by atomic mass is 10.1. The zero-order valence-electron chi connectivity index (χ0n) is 22.5. The van der Waals surface area contributed by atoms with Gasteiger partial charge < -0.3 is 33.7 Å². The fourth-order valence-corrected chi connectivity index (χ4v) is 5.04. The molecule has 0 spiro atoms. The summed E-state index contributed by atoms with van der Waals surface area (Å²) >= 11 is 0. The molecule has 6 rings (SSSR count). The predicted molar refractivity (Wildman–Crippen MR) is 151 cm³/mol. The zero-order chi connectivity index (χ0) is 27.6. The highest BCUT2D eigenvalue weighted by molar-refractivity contribution is 5.94. The second-order valence-corrected chi connectivity index (χ2v) is 10.0. The van der Waals surface area contributed by atoms with Gasteiger partial charge >= 0.3 is 0 Å². The maximum Gasteiger partial charge on any atom is 0.246 e. The van der Waals surface area contributed by atoms with E-state index in [1.807, 2.05) is 42.5 Å². The molecular weight excluding hydrogens is 510 g/mol. The number of carbonyl (C=O) groups excluding carboxylic acids is 1. The molecule has 4 heterocycles. The maximum absolute atomic E-state index is 11.8. The van der Waals surface area contributed by atoms with Crippen LogP contribution < -0.4 is 19.5 Å². The molecule has 10 heteroatoms. The number of hydrogen-bond acceptors (Lipinski definition) is 9. The second-order valence-electron chi connectivity index (χ2n) is 10.0. The van der Waals surface area contributed by atoms with Crippen LogP contribution in [0.4, 0.5) is 11.5 Å². The van der Waals surface area contributed by atoms with Crippen molar-refractivity contribution in [3.8, 4) is 28.6 Å². The van der Waals surface area contributed by atoms with E-state index < -0.39 is 0 Å². The van der Waals surface area contributed by atoms with E-state index in [9.17, 15) is 4.79 Å². The number of nitrogens with zero attached hydrogens (tertiary/aromatic N) is 4. The van der Waals surface area contributed by atoms with Crippen LogP contribution in [0.15, 0.2) is 72.1 Å². The Hall–Kier alpha value is -4.57. The standard InChI is InChI=1S/C30H31N5O5/c1-4-29(36)35-16-21(17-35)40-28-13-22-23(14-27(28)37-3)31-18-32-30(22)33-24-12-19(25-6-5-11-38-25)7-8-26(24)39-20-9-10-34(2)15-20/h4-8,11-14,18,20-21H,1,9-10,15-17H2,2-3H3,(H,31,32,33). The first-order chi connectivity index (χ1) is 19.5. The van der Waals surface area contributed by atoms with Gasteiger partial charge in [-0.2, -0.15) is 0 Å². The van der Waals surface area contributed by atoms with E-state index in [1.165, 1.54) is 12.4 Å². The molecule has 0 bridgehead atoms. The molecule has 0 aliphatic carbocycles. The molecule has 1 amide bonds. The number of furan rings is 1. The summed E-state index contributed by atoms with van der Waals surface area (Å²) in [4.78, 5) is 24.8. The summed E-state index contributed by atoms with van der Waals surface area (Å²) in [6, 6.07) is 13.4. The van der Waals surface area contributed by atoms with Crippen LogP contribution >= 0.6 is 0 Å². The van der Waals surface area contributed by atoms with E-state index in [1.54, 1.807) is 18.3 Å². The number of amides is 1. The number of fused-ring (bicyclic) bond motifs is 1. The average Bonchev–Trinajstić information content (AvgIpc) is 3.63. The van der Waals surface area contributed by atoms with Crippen molar-refractivity contribution in [1.82, 2.24) is 19.8 Å². The van der Waals surface area contributed by atoms with Gasteiger partial charge in [0, 0.05) is 30.1 Å². The molecule has 40 heavy (non-hydrogen) atoms. The highest BCUT2D eigenvalue weighted by Crippen LogP contribution is 2.39. The number of rotatable bonds is 9. The number of hydrogen-bond donors (Lipinski definition) is 1. The molecular formula is C30H31N5O5. The van der Waals surface area contributed by atoms with Crippen molar-refractivity contribution in [2.24, 2.45) is 0 Å². The molecule has 2 saturated heterocycles. The van der Waals surface area contributed by atoms with Crippen LogP contribution in [0.1, 0.15) is 6.42 Å². The van der Waals surface area contributed by atoms with E-state index in [-0.39, 0.29) is 18.1 Å². The molecule has 206 valence electrons. The first-order valence-corrected chi connectivity index (χ1v) is 13.2. The molecule has 2 aliphatic rings. The lowest BCUT2D eigenvalue weighted by Crippen LogP contribution is -2.55. The van der Waals surface area contributed by atoms with Gasteiger partial charge in [0.25, 0.3) is 0 Å². The minimum atomic E-state index is -0.147. The number of nitrogens with one attached hydrogen (secondary N) is 1. The molecule has 0 radical (unpaired) electrons. The number of benzene rings is 2. The summed E-state index contributed by atoms with van der Waals surface area (Å²) in [5, 5.41) is 4.24. The fraction of sp³-hybridized carbons (Fsp3) is 0.300. The van der Waals surface area contributed by atoms with Gasteiger partial charge in [-0.25, -0.2) is 9.97 Å². The van der Waals surface area contributed by atoms with Crippen molar-refractivity contribution in [1.29, 1.82) is 0 Å². The molecule has 1 N–H and O–H groups in total. The maximum atomic E-state index is 11.8. The Morgan fingerprint density at radius 3 is 2.65 bits per heavy atom. The topological polar surface area (TPSA) is 102 Å². The Balaban J connectivity index is 1.33. The van der Waals surface area contributed by atoms with Crippen LogP contribution in [-0.2, 0) is 4.79 Å². The molecule has 2 fully saturated rings. The number of anilines is 2. The number of ether oxygens (including phenoxy) is 3. The number of likely N-dealkylation sites (tertiary alicyclic amines) is 2. The van der Waals surface area contributed by atoms with Crippen LogP contribution in [0.3, 0.4) is 0 Å². The lowest BCUT2D eigenvalue weighted by molar-refractivity contribution is -0.134. The Bertz CT molecular complexity index is 1530. The molecule has 2 aromatic carbocycles. The SMILES string of the molecule is C=CC(=O)N1CC(Oc2cc3c(Nc4cc(-c5ccco5)ccc4OC4CCN(C)C4)ncnc3cc2OC)C1. The number of aromatic nitrogens is 2. The van der Waals surface area contributed by atoms with Gasteiger partial charge in [0.1, 0.15) is 35.9 Å². The molecule has 2 aliphatic heterocycles. The highest BCUT2D eigenvalue weighted by atomic mass is 16.5. The first-order valence-electron chi connectivity index (χ1n) is 13.2. The van der Waals surface area contributed by atoms with Crippen LogP contribution in [0.5, 0.6) is 17.2 Å². The van der Waals surface area contributed by atoms with Gasteiger partial charge in [-0.3, -0.25) is 4.79 Å². The third kappa shape index (κ3) is 5.17. The third-order valence-corrected chi connectivity index (χ3v) is 7.23. The van der Waals surface area contributed by atoms with Gasteiger partial charge in [-0.15, -0.1) is 0 Å². The minimum Gasteiger partial charge on any atom is -0.493 e. The summed E-state index contributed by atoms with van der Waals surface area (Å²) in [5.41, 5.74) is 2.37. The van der Waals surface area contributed by atoms with Crippen molar-refractivity contribution in [3.05, 3.63) is 67.7 Å². The first kappa shape index (κ1) is 25.7. The summed E-state index contributed by atoms with van der Waals surface area (Å²) in [5.74, 6) is 3.09. The van der Waals surface area contributed by atoms with E-state index in [2.05, 4.69) is 33.8 Å². The largest absolute Gasteiger partial charge is 0.493 e. The summed E-state index contributed by atoms with van der Waals surface area (Å²) in [6.07, 6.45) is 5.39. The fourth-order valence-electron chi connectivity index (χ4n) is 5.04. The monoisotopic (exact) mass is 541 g/mol. The smallest absolute Gasteiger partial charge is 0.246 e. The van der Waals surface area contributed by atoms with Gasteiger partial charge in [0.2, 0.25) is 5.91 Å². The molecule has 2 aromatic heterocycles. The summed E-state index contributed by atoms with van der Waals surface area (Å²) < 4.78 is 23.9. The van der Waals surface area contributed by atoms with Gasteiger partial charge in [-0.05, 0) is 55.9 Å². The van der Waals surface area contributed by atoms with Gasteiger partial charge in [-0.1, -0.05) is 6.58 Å². The molecule has 10 nitrogen and oxygen atoms in total. The third-order valence-electron chi connectivity index (χ3n) is 7.23. The minimum absolute atomic E-state index is 0.0985. The summed E-state index contributed by atoms with van der Waals surface area (Å²) in [7, 11) is 3.69. The van der Waals surface area contributed by atoms with Crippen molar-refractivity contribution in [2.45, 2.75) is 18.6 Å². The van der Waals surface area contributed by atoms with Crippen LogP contribution in [-0.4, -0.2) is 78.2 Å². The van der Waals surface area contributed by atoms with Crippen molar-refractivity contribution in [3.63, 3.8) is 0 Å². The number of carbonyl (C=O) groups is 1. The predicted octanol–water partition coefficient (Wildman–Crippen LogP) is 4.50.